The third-order valence-corrected chi connectivity index (χ3v) is 4.88. The molecule has 1 saturated heterocycles. The highest BCUT2D eigenvalue weighted by molar-refractivity contribution is 14.0. The number of rotatable bonds is 10. The predicted molar refractivity (Wildman–Crippen MR) is 131 cm³/mol. The second kappa shape index (κ2) is 13.6. The van der Waals surface area contributed by atoms with Gasteiger partial charge >= 0.3 is 0 Å². The Kier molecular flexibility index (Phi) is 11.2. The van der Waals surface area contributed by atoms with E-state index in [1.54, 1.807) is 0 Å². The Morgan fingerprint density at radius 3 is 2.93 bits per heavy atom. The number of nitrogens with zero attached hydrogens (tertiary/aromatic N) is 3. The molecule has 1 aliphatic heterocycles. The van der Waals surface area contributed by atoms with Crippen molar-refractivity contribution in [3.05, 3.63) is 42.4 Å². The third-order valence-electron chi connectivity index (χ3n) is 4.88. The molecule has 0 saturated carbocycles. The van der Waals surface area contributed by atoms with Gasteiger partial charge in [-0.1, -0.05) is 30.3 Å². The zero-order valence-corrected chi connectivity index (χ0v) is 20.3. The SMILES string of the molecule is CCNC(=NCCCOCC1CCOC1)N(C)Cc1ncc(-c2ccccc2)[nH]1.I. The highest BCUT2D eigenvalue weighted by atomic mass is 127. The van der Waals surface area contributed by atoms with E-state index in [4.69, 9.17) is 14.5 Å². The number of aromatic amines is 1. The second-order valence-corrected chi connectivity index (χ2v) is 7.36. The number of imidazole rings is 1. The smallest absolute Gasteiger partial charge is 0.194 e. The Balaban J connectivity index is 0.00000320. The molecular weight excluding hydrogens is 493 g/mol. The third kappa shape index (κ3) is 7.88. The largest absolute Gasteiger partial charge is 0.381 e. The lowest BCUT2D eigenvalue weighted by Crippen LogP contribution is -2.38. The van der Waals surface area contributed by atoms with Gasteiger partial charge in [0.1, 0.15) is 5.82 Å². The first-order chi connectivity index (χ1) is 14.3. The summed E-state index contributed by atoms with van der Waals surface area (Å²) < 4.78 is 11.1. The van der Waals surface area contributed by atoms with Crippen molar-refractivity contribution in [1.29, 1.82) is 0 Å². The molecule has 1 fully saturated rings. The summed E-state index contributed by atoms with van der Waals surface area (Å²) in [4.78, 5) is 14.7. The van der Waals surface area contributed by atoms with E-state index in [-0.39, 0.29) is 24.0 Å². The lowest BCUT2D eigenvalue weighted by atomic mass is 10.1. The monoisotopic (exact) mass is 527 g/mol. The first-order valence-electron chi connectivity index (χ1n) is 10.5. The molecule has 30 heavy (non-hydrogen) atoms. The van der Waals surface area contributed by atoms with E-state index in [2.05, 4.69) is 39.2 Å². The van der Waals surface area contributed by atoms with Crippen LogP contribution >= 0.6 is 24.0 Å². The van der Waals surface area contributed by atoms with Crippen molar-refractivity contribution in [1.82, 2.24) is 20.2 Å². The standard InChI is InChI=1S/C22H33N5O2.HI/c1-3-23-22(24-11-7-12-28-16-18-10-13-29-17-18)27(2)15-21-25-14-20(26-21)19-8-5-4-6-9-19;/h4-6,8-9,14,18H,3,7,10-13,15-17H2,1-2H3,(H,23,24)(H,25,26);1H. The molecule has 2 N–H and O–H groups in total. The van der Waals surface area contributed by atoms with Crippen LogP contribution in [0.4, 0.5) is 0 Å². The molecule has 7 nitrogen and oxygen atoms in total. The maximum absolute atomic E-state index is 5.76. The van der Waals surface area contributed by atoms with Crippen molar-refractivity contribution in [3.8, 4) is 11.3 Å². The molecule has 2 aromatic rings. The number of H-pyrrole nitrogens is 1. The maximum atomic E-state index is 5.76. The van der Waals surface area contributed by atoms with Gasteiger partial charge in [-0.05, 0) is 25.3 Å². The molecule has 0 radical (unpaired) electrons. The number of ether oxygens (including phenoxy) is 2. The molecule has 1 unspecified atom stereocenters. The molecule has 3 rings (SSSR count). The molecule has 1 atom stereocenters. The van der Waals surface area contributed by atoms with Crippen molar-refractivity contribution in [3.63, 3.8) is 0 Å². The number of guanidine groups is 1. The van der Waals surface area contributed by atoms with Crippen molar-refractivity contribution < 1.29 is 9.47 Å². The van der Waals surface area contributed by atoms with Crippen molar-refractivity contribution in [2.75, 3.05) is 46.6 Å². The average Bonchev–Trinajstić information content (AvgIpc) is 3.42. The molecule has 0 bridgehead atoms. The topological polar surface area (TPSA) is 74.8 Å². The van der Waals surface area contributed by atoms with Gasteiger partial charge in [-0.2, -0.15) is 0 Å². The van der Waals surface area contributed by atoms with Crippen molar-refractivity contribution >= 4 is 29.9 Å². The first kappa shape index (κ1) is 24.6. The summed E-state index contributed by atoms with van der Waals surface area (Å²) >= 11 is 0. The number of aromatic nitrogens is 2. The van der Waals surface area contributed by atoms with E-state index in [0.717, 1.165) is 75.4 Å². The Morgan fingerprint density at radius 2 is 2.20 bits per heavy atom. The summed E-state index contributed by atoms with van der Waals surface area (Å²) in [5, 5.41) is 3.35. The van der Waals surface area contributed by atoms with E-state index >= 15 is 0 Å². The van der Waals surface area contributed by atoms with E-state index in [1.165, 1.54) is 0 Å². The van der Waals surface area contributed by atoms with Gasteiger partial charge < -0.3 is 24.7 Å². The van der Waals surface area contributed by atoms with E-state index in [0.29, 0.717) is 12.5 Å². The lowest BCUT2D eigenvalue weighted by molar-refractivity contribution is 0.0893. The Labute approximate surface area is 196 Å². The number of aliphatic imine (C=N–C) groups is 1. The zero-order valence-electron chi connectivity index (χ0n) is 18.0. The van der Waals surface area contributed by atoms with Gasteiger partial charge in [0, 0.05) is 39.3 Å². The highest BCUT2D eigenvalue weighted by Gasteiger charge is 2.15. The fraction of sp³-hybridized carbons (Fsp3) is 0.545. The van der Waals surface area contributed by atoms with E-state index in [9.17, 15) is 0 Å². The predicted octanol–water partition coefficient (Wildman–Crippen LogP) is 3.54. The molecule has 0 amide bonds. The van der Waals surface area contributed by atoms with Gasteiger partial charge in [-0.25, -0.2) is 4.98 Å². The minimum atomic E-state index is 0. The van der Waals surface area contributed by atoms with Gasteiger partial charge in [0.2, 0.25) is 0 Å². The normalized spacial score (nSPS) is 16.3. The number of hydrogen-bond acceptors (Lipinski definition) is 4. The van der Waals surface area contributed by atoms with Crippen LogP contribution in [0.15, 0.2) is 41.5 Å². The summed E-state index contributed by atoms with van der Waals surface area (Å²) in [7, 11) is 2.03. The number of hydrogen-bond donors (Lipinski definition) is 2. The van der Waals surface area contributed by atoms with Crippen LogP contribution < -0.4 is 5.32 Å². The summed E-state index contributed by atoms with van der Waals surface area (Å²) in [6, 6.07) is 10.2. The van der Waals surface area contributed by atoms with Crippen LogP contribution in [0.1, 0.15) is 25.6 Å². The number of benzene rings is 1. The minimum Gasteiger partial charge on any atom is -0.381 e. The van der Waals surface area contributed by atoms with Crippen LogP contribution in [0.2, 0.25) is 0 Å². The molecule has 8 heteroatoms. The molecule has 166 valence electrons. The van der Waals surface area contributed by atoms with Crippen molar-refractivity contribution in [2.45, 2.75) is 26.3 Å². The van der Waals surface area contributed by atoms with E-state index < -0.39 is 0 Å². The lowest BCUT2D eigenvalue weighted by Gasteiger charge is -2.21. The fourth-order valence-electron chi connectivity index (χ4n) is 3.29. The summed E-state index contributed by atoms with van der Waals surface area (Å²) in [5.74, 6) is 2.37. The summed E-state index contributed by atoms with van der Waals surface area (Å²) in [6.07, 6.45) is 3.91. The van der Waals surface area contributed by atoms with Crippen LogP contribution in [0.25, 0.3) is 11.3 Å². The fourth-order valence-corrected chi connectivity index (χ4v) is 3.29. The second-order valence-electron chi connectivity index (χ2n) is 7.36. The van der Waals surface area contributed by atoms with Gasteiger partial charge in [-0.15, -0.1) is 24.0 Å². The molecule has 2 heterocycles. The maximum Gasteiger partial charge on any atom is 0.194 e. The molecule has 1 aromatic heterocycles. The Hall–Kier alpha value is -1.65. The molecule has 0 spiro atoms. The summed E-state index contributed by atoms with van der Waals surface area (Å²) in [6.45, 7) is 7.56. The molecule has 1 aliphatic rings. The quantitative estimate of drug-likeness (QED) is 0.214. The first-order valence-corrected chi connectivity index (χ1v) is 10.5. The molecule has 1 aromatic carbocycles. The van der Waals surface area contributed by atoms with Gasteiger partial charge in [0.15, 0.2) is 5.96 Å². The van der Waals surface area contributed by atoms with Crippen LogP contribution in [0, 0.1) is 5.92 Å². The highest BCUT2D eigenvalue weighted by Crippen LogP contribution is 2.16. The molecule has 0 aliphatic carbocycles. The van der Waals surface area contributed by atoms with Gasteiger partial charge in [0.25, 0.3) is 0 Å². The van der Waals surface area contributed by atoms with Gasteiger partial charge in [-0.3, -0.25) is 4.99 Å². The zero-order chi connectivity index (χ0) is 20.3. The minimum absolute atomic E-state index is 0. The average molecular weight is 527 g/mol. The van der Waals surface area contributed by atoms with Crippen molar-refractivity contribution in [2.24, 2.45) is 10.9 Å². The van der Waals surface area contributed by atoms with Crippen LogP contribution in [-0.2, 0) is 16.0 Å². The number of halogens is 1. The Bertz CT molecular complexity index is 747. The molecular formula is C22H34IN5O2. The van der Waals surface area contributed by atoms with Gasteiger partial charge in [0.05, 0.1) is 31.6 Å². The van der Waals surface area contributed by atoms with E-state index in [1.807, 2.05) is 31.4 Å². The van der Waals surface area contributed by atoms with Crippen LogP contribution in [-0.4, -0.2) is 67.4 Å². The van der Waals surface area contributed by atoms with Crippen LogP contribution in [0.3, 0.4) is 0 Å². The van der Waals surface area contributed by atoms with Crippen LogP contribution in [0.5, 0.6) is 0 Å². The Morgan fingerprint density at radius 1 is 1.37 bits per heavy atom. The number of nitrogens with one attached hydrogen (secondary N) is 2. The summed E-state index contributed by atoms with van der Waals surface area (Å²) in [5.41, 5.74) is 2.17.